The van der Waals surface area contributed by atoms with Gasteiger partial charge in [0.1, 0.15) is 0 Å². The van der Waals surface area contributed by atoms with E-state index in [0.717, 1.165) is 11.1 Å². The smallest absolute Gasteiger partial charge is 0.0557 e. The van der Waals surface area contributed by atoms with Crippen LogP contribution in [0.2, 0.25) is 0 Å². The van der Waals surface area contributed by atoms with Crippen LogP contribution in [0.4, 0.5) is 0 Å². The topological polar surface area (TPSA) is 38.9 Å². The van der Waals surface area contributed by atoms with Crippen molar-refractivity contribution in [2.45, 2.75) is 19.9 Å². The molecule has 0 spiro atoms. The lowest BCUT2D eigenvalue weighted by Gasteiger charge is -2.16. The van der Waals surface area contributed by atoms with E-state index in [0.29, 0.717) is 0 Å². The van der Waals surface area contributed by atoms with Crippen molar-refractivity contribution in [1.82, 2.24) is 4.98 Å². The number of hydrogen-bond acceptors (Lipinski definition) is 2. The minimum absolute atomic E-state index is 0.0656. The van der Waals surface area contributed by atoms with Gasteiger partial charge in [-0.1, -0.05) is 24.3 Å². The Labute approximate surface area is 96.1 Å². The van der Waals surface area contributed by atoms with E-state index in [1.807, 2.05) is 31.3 Å². The Morgan fingerprint density at radius 1 is 1.00 bits per heavy atom. The quantitative estimate of drug-likeness (QED) is 0.831. The number of hydrogen-bond donors (Lipinski definition) is 1. The Bertz CT molecular complexity index is 446. The Balaban J connectivity index is 2.44. The van der Waals surface area contributed by atoms with Crippen LogP contribution in [-0.4, -0.2) is 4.98 Å². The van der Waals surface area contributed by atoms with Gasteiger partial charge in [0.25, 0.3) is 0 Å². The summed E-state index contributed by atoms with van der Waals surface area (Å²) in [7, 11) is 0. The molecular weight excluding hydrogens is 196 g/mol. The molecule has 1 aromatic carbocycles. The number of nitrogens with zero attached hydrogens (tertiary/aromatic N) is 1. The van der Waals surface area contributed by atoms with Crippen LogP contribution >= 0.6 is 0 Å². The molecule has 0 aliphatic carbocycles. The maximum absolute atomic E-state index is 6.29. The summed E-state index contributed by atoms with van der Waals surface area (Å²) in [6, 6.07) is 10.2. The van der Waals surface area contributed by atoms with Gasteiger partial charge >= 0.3 is 0 Å². The fourth-order valence-corrected chi connectivity index (χ4v) is 1.94. The monoisotopic (exact) mass is 212 g/mol. The number of benzene rings is 1. The van der Waals surface area contributed by atoms with Crippen LogP contribution in [-0.2, 0) is 0 Å². The molecule has 0 saturated carbocycles. The second-order valence-corrected chi connectivity index (χ2v) is 4.07. The number of aromatic nitrogens is 1. The third kappa shape index (κ3) is 1.97. The SMILES string of the molecule is Cc1ccccc1C(N)c1ccncc1C. The second-order valence-electron chi connectivity index (χ2n) is 4.07. The van der Waals surface area contributed by atoms with Gasteiger partial charge in [0.2, 0.25) is 0 Å². The highest BCUT2D eigenvalue weighted by molar-refractivity contribution is 5.38. The van der Waals surface area contributed by atoms with Crippen LogP contribution in [0.15, 0.2) is 42.7 Å². The van der Waals surface area contributed by atoms with Gasteiger partial charge in [-0.05, 0) is 42.2 Å². The van der Waals surface area contributed by atoms with E-state index in [-0.39, 0.29) is 6.04 Å². The summed E-state index contributed by atoms with van der Waals surface area (Å²) in [6.07, 6.45) is 3.65. The van der Waals surface area contributed by atoms with E-state index in [1.54, 1.807) is 6.20 Å². The molecule has 0 saturated heterocycles. The van der Waals surface area contributed by atoms with Crippen LogP contribution in [0, 0.1) is 13.8 Å². The maximum Gasteiger partial charge on any atom is 0.0557 e. The summed E-state index contributed by atoms with van der Waals surface area (Å²) in [5, 5.41) is 0. The molecule has 2 nitrogen and oxygen atoms in total. The van der Waals surface area contributed by atoms with Crippen LogP contribution in [0.3, 0.4) is 0 Å². The second kappa shape index (κ2) is 4.45. The lowest BCUT2D eigenvalue weighted by atomic mass is 9.94. The molecule has 2 rings (SSSR count). The molecule has 1 heterocycles. The van der Waals surface area contributed by atoms with Crippen LogP contribution in [0.5, 0.6) is 0 Å². The summed E-state index contributed by atoms with van der Waals surface area (Å²) < 4.78 is 0. The van der Waals surface area contributed by atoms with Crippen molar-refractivity contribution >= 4 is 0 Å². The molecular formula is C14H16N2. The van der Waals surface area contributed by atoms with Crippen LogP contribution in [0.25, 0.3) is 0 Å². The molecule has 2 N–H and O–H groups in total. The number of rotatable bonds is 2. The summed E-state index contributed by atoms with van der Waals surface area (Å²) in [5.41, 5.74) is 11.0. The number of aryl methyl sites for hydroxylation is 2. The lowest BCUT2D eigenvalue weighted by molar-refractivity contribution is 0.848. The highest BCUT2D eigenvalue weighted by Crippen LogP contribution is 2.24. The Kier molecular flexibility index (Phi) is 3.02. The minimum atomic E-state index is -0.0656. The molecule has 2 aromatic rings. The first-order valence-corrected chi connectivity index (χ1v) is 5.42. The van der Waals surface area contributed by atoms with Gasteiger partial charge in [-0.2, -0.15) is 0 Å². The van der Waals surface area contributed by atoms with Crippen molar-refractivity contribution in [2.24, 2.45) is 5.73 Å². The van der Waals surface area contributed by atoms with Crippen LogP contribution < -0.4 is 5.73 Å². The fraction of sp³-hybridized carbons (Fsp3) is 0.214. The maximum atomic E-state index is 6.29. The summed E-state index contributed by atoms with van der Waals surface area (Å²) in [5.74, 6) is 0. The van der Waals surface area contributed by atoms with Gasteiger partial charge in [-0.3, -0.25) is 4.98 Å². The molecule has 1 aromatic heterocycles. The molecule has 82 valence electrons. The molecule has 16 heavy (non-hydrogen) atoms. The van der Waals surface area contributed by atoms with Crippen molar-refractivity contribution < 1.29 is 0 Å². The first-order valence-electron chi connectivity index (χ1n) is 5.42. The first kappa shape index (κ1) is 10.8. The third-order valence-corrected chi connectivity index (χ3v) is 2.92. The number of pyridine rings is 1. The standard InChI is InChI=1S/C14H16N2/c1-10-5-3-4-6-12(10)14(15)13-7-8-16-9-11(13)2/h3-9,14H,15H2,1-2H3. The Morgan fingerprint density at radius 2 is 1.69 bits per heavy atom. The van der Waals surface area contributed by atoms with Gasteiger partial charge < -0.3 is 5.73 Å². The molecule has 0 aliphatic heterocycles. The molecule has 2 heteroatoms. The molecule has 0 fully saturated rings. The molecule has 0 aliphatic rings. The summed E-state index contributed by atoms with van der Waals surface area (Å²) >= 11 is 0. The zero-order valence-corrected chi connectivity index (χ0v) is 9.64. The Hall–Kier alpha value is -1.67. The molecule has 0 radical (unpaired) electrons. The highest BCUT2D eigenvalue weighted by atomic mass is 14.7. The number of nitrogens with two attached hydrogens (primary N) is 1. The van der Waals surface area contributed by atoms with Gasteiger partial charge in [-0.15, -0.1) is 0 Å². The largest absolute Gasteiger partial charge is 0.320 e. The van der Waals surface area contributed by atoms with E-state index in [2.05, 4.69) is 24.0 Å². The Morgan fingerprint density at radius 3 is 2.38 bits per heavy atom. The van der Waals surface area contributed by atoms with Gasteiger partial charge in [0.15, 0.2) is 0 Å². The first-order chi connectivity index (χ1) is 7.70. The lowest BCUT2D eigenvalue weighted by Crippen LogP contribution is -2.14. The van der Waals surface area contributed by atoms with Crippen molar-refractivity contribution in [3.63, 3.8) is 0 Å². The zero-order chi connectivity index (χ0) is 11.5. The third-order valence-electron chi connectivity index (χ3n) is 2.92. The molecule has 0 amide bonds. The molecule has 1 unspecified atom stereocenters. The zero-order valence-electron chi connectivity index (χ0n) is 9.64. The summed E-state index contributed by atoms with van der Waals surface area (Å²) in [4.78, 5) is 4.09. The van der Waals surface area contributed by atoms with E-state index < -0.39 is 0 Å². The van der Waals surface area contributed by atoms with Gasteiger partial charge in [-0.25, -0.2) is 0 Å². The fourth-order valence-electron chi connectivity index (χ4n) is 1.94. The summed E-state index contributed by atoms with van der Waals surface area (Å²) in [6.45, 7) is 4.13. The van der Waals surface area contributed by atoms with Gasteiger partial charge in [0, 0.05) is 12.4 Å². The van der Waals surface area contributed by atoms with Crippen LogP contribution in [0.1, 0.15) is 28.3 Å². The highest BCUT2D eigenvalue weighted by Gasteiger charge is 2.12. The predicted molar refractivity (Wildman–Crippen MR) is 66.2 cm³/mol. The van der Waals surface area contributed by atoms with E-state index in [9.17, 15) is 0 Å². The van der Waals surface area contributed by atoms with Crippen molar-refractivity contribution in [1.29, 1.82) is 0 Å². The normalized spacial score (nSPS) is 12.4. The van der Waals surface area contributed by atoms with E-state index >= 15 is 0 Å². The van der Waals surface area contributed by atoms with Crippen molar-refractivity contribution in [2.75, 3.05) is 0 Å². The molecule has 1 atom stereocenters. The van der Waals surface area contributed by atoms with Gasteiger partial charge in [0.05, 0.1) is 6.04 Å². The average molecular weight is 212 g/mol. The minimum Gasteiger partial charge on any atom is -0.320 e. The van der Waals surface area contributed by atoms with E-state index in [4.69, 9.17) is 5.73 Å². The predicted octanol–water partition coefficient (Wildman–Crippen LogP) is 2.75. The van der Waals surface area contributed by atoms with Crippen molar-refractivity contribution in [3.05, 3.63) is 65.0 Å². The van der Waals surface area contributed by atoms with Crippen molar-refractivity contribution in [3.8, 4) is 0 Å². The average Bonchev–Trinajstić information content (AvgIpc) is 2.29. The molecule has 0 bridgehead atoms. The van der Waals surface area contributed by atoms with E-state index in [1.165, 1.54) is 11.1 Å².